The molecule has 0 aliphatic heterocycles. The van der Waals surface area contributed by atoms with Crippen molar-refractivity contribution in [1.82, 2.24) is 0 Å². The molecule has 0 aromatic carbocycles. The number of allylic oxidation sites excluding steroid dienone is 18. The predicted molar refractivity (Wildman–Crippen MR) is 325 cm³/mol. The van der Waals surface area contributed by atoms with Crippen LogP contribution in [-0.4, -0.2) is 37.2 Å². The van der Waals surface area contributed by atoms with E-state index in [1.807, 2.05) is 0 Å². The summed E-state index contributed by atoms with van der Waals surface area (Å²) in [4.78, 5) is 38.4. The van der Waals surface area contributed by atoms with Gasteiger partial charge in [0.25, 0.3) is 0 Å². The molecule has 0 radical (unpaired) electrons. The van der Waals surface area contributed by atoms with Crippen LogP contribution in [0.2, 0.25) is 0 Å². The summed E-state index contributed by atoms with van der Waals surface area (Å²) in [5.41, 5.74) is 0. The maximum Gasteiger partial charge on any atom is 0.306 e. The Hall–Kier alpha value is -3.93. The lowest BCUT2D eigenvalue weighted by atomic mass is 10.1. The molecule has 0 fully saturated rings. The van der Waals surface area contributed by atoms with Crippen LogP contribution >= 0.6 is 0 Å². The Balaban J connectivity index is 4.41. The van der Waals surface area contributed by atoms with Gasteiger partial charge in [-0.05, 0) is 116 Å². The van der Waals surface area contributed by atoms with Crippen molar-refractivity contribution in [3.8, 4) is 0 Å². The number of hydrogen-bond donors (Lipinski definition) is 0. The van der Waals surface area contributed by atoms with E-state index in [2.05, 4.69) is 130 Å². The standard InChI is InChI=1S/C69H116O6/c1-4-7-10-13-16-19-22-25-28-31-34-37-40-43-46-49-52-55-58-61-67(70)73-64-66(75-69(72)63-60-57-54-51-48-45-42-39-36-33-30-27-24-21-18-15-12-9-6-3)65-74-68(71)62-59-56-53-50-47-44-41-38-35-32-29-26-23-20-17-14-11-8-5-2/h7-12,16-21,25-30,66H,4-6,13-15,22-24,31-65H2,1-3H3. The smallest absolute Gasteiger partial charge is 0.306 e. The van der Waals surface area contributed by atoms with Crippen LogP contribution in [0.5, 0.6) is 0 Å². The van der Waals surface area contributed by atoms with Crippen LogP contribution in [0.1, 0.15) is 290 Å². The maximum atomic E-state index is 12.9. The van der Waals surface area contributed by atoms with Crippen molar-refractivity contribution in [2.24, 2.45) is 0 Å². The molecule has 0 unspecified atom stereocenters. The Labute approximate surface area is 463 Å². The summed E-state index contributed by atoms with van der Waals surface area (Å²) in [7, 11) is 0. The van der Waals surface area contributed by atoms with Gasteiger partial charge in [0, 0.05) is 19.3 Å². The Morgan fingerprint density at radius 3 is 0.747 bits per heavy atom. The first-order chi connectivity index (χ1) is 37.0. The first kappa shape index (κ1) is 71.1. The number of hydrogen-bond acceptors (Lipinski definition) is 6. The van der Waals surface area contributed by atoms with Crippen LogP contribution < -0.4 is 0 Å². The van der Waals surface area contributed by atoms with Crippen molar-refractivity contribution in [3.63, 3.8) is 0 Å². The van der Waals surface area contributed by atoms with Gasteiger partial charge in [0.1, 0.15) is 13.2 Å². The van der Waals surface area contributed by atoms with Gasteiger partial charge in [0.15, 0.2) is 6.10 Å². The number of carbonyl (C=O) groups excluding carboxylic acids is 3. The van der Waals surface area contributed by atoms with E-state index in [0.717, 1.165) is 116 Å². The topological polar surface area (TPSA) is 78.9 Å². The van der Waals surface area contributed by atoms with E-state index in [1.165, 1.54) is 135 Å². The van der Waals surface area contributed by atoms with E-state index < -0.39 is 6.10 Å². The van der Waals surface area contributed by atoms with Gasteiger partial charge in [-0.3, -0.25) is 14.4 Å². The van der Waals surface area contributed by atoms with Crippen LogP contribution in [-0.2, 0) is 28.6 Å². The van der Waals surface area contributed by atoms with E-state index in [-0.39, 0.29) is 31.1 Å². The Morgan fingerprint density at radius 2 is 0.480 bits per heavy atom. The van der Waals surface area contributed by atoms with E-state index in [4.69, 9.17) is 14.2 Å². The summed E-state index contributed by atoms with van der Waals surface area (Å²) < 4.78 is 16.9. The van der Waals surface area contributed by atoms with Crippen LogP contribution in [0, 0.1) is 0 Å². The van der Waals surface area contributed by atoms with Gasteiger partial charge in [-0.1, -0.05) is 265 Å². The monoisotopic (exact) mass is 1040 g/mol. The lowest BCUT2D eigenvalue weighted by Gasteiger charge is -2.18. The molecule has 0 N–H and O–H groups in total. The van der Waals surface area contributed by atoms with E-state index >= 15 is 0 Å². The molecule has 0 spiro atoms. The fourth-order valence-electron chi connectivity index (χ4n) is 8.66. The van der Waals surface area contributed by atoms with Gasteiger partial charge in [-0.25, -0.2) is 0 Å². The van der Waals surface area contributed by atoms with E-state index in [1.54, 1.807) is 0 Å². The van der Waals surface area contributed by atoms with Crippen molar-refractivity contribution < 1.29 is 28.6 Å². The summed E-state index contributed by atoms with van der Waals surface area (Å²) in [6, 6.07) is 0. The second-order valence-electron chi connectivity index (χ2n) is 20.5. The molecule has 0 heterocycles. The van der Waals surface area contributed by atoms with Crippen LogP contribution in [0.4, 0.5) is 0 Å². The zero-order valence-corrected chi connectivity index (χ0v) is 49.0. The fraction of sp³-hybridized carbons (Fsp3) is 0.696. The third kappa shape index (κ3) is 60.8. The highest BCUT2D eigenvalue weighted by Gasteiger charge is 2.19. The van der Waals surface area contributed by atoms with Gasteiger partial charge < -0.3 is 14.2 Å². The second kappa shape index (κ2) is 62.6. The minimum atomic E-state index is -0.789. The average Bonchev–Trinajstić information content (AvgIpc) is 3.41. The molecular formula is C69H116O6. The van der Waals surface area contributed by atoms with Crippen molar-refractivity contribution in [2.45, 2.75) is 297 Å². The number of unbranched alkanes of at least 4 members (excludes halogenated alkanes) is 27. The Kier molecular flexibility index (Phi) is 59.3. The van der Waals surface area contributed by atoms with Crippen molar-refractivity contribution in [2.75, 3.05) is 13.2 Å². The number of rotatable bonds is 56. The van der Waals surface area contributed by atoms with E-state index in [9.17, 15) is 14.4 Å². The zero-order chi connectivity index (χ0) is 54.3. The Morgan fingerprint density at radius 1 is 0.267 bits per heavy atom. The number of ether oxygens (including phenoxy) is 3. The molecule has 75 heavy (non-hydrogen) atoms. The highest BCUT2D eigenvalue weighted by atomic mass is 16.6. The zero-order valence-electron chi connectivity index (χ0n) is 49.0. The lowest BCUT2D eigenvalue weighted by molar-refractivity contribution is -0.167. The molecule has 0 aromatic rings. The molecule has 0 bridgehead atoms. The summed E-state index contributed by atoms with van der Waals surface area (Å²) in [6.07, 6.45) is 85.1. The van der Waals surface area contributed by atoms with Gasteiger partial charge >= 0.3 is 17.9 Å². The van der Waals surface area contributed by atoms with Gasteiger partial charge in [-0.15, -0.1) is 0 Å². The third-order valence-corrected chi connectivity index (χ3v) is 13.3. The second-order valence-corrected chi connectivity index (χ2v) is 20.5. The van der Waals surface area contributed by atoms with Crippen molar-refractivity contribution in [3.05, 3.63) is 109 Å². The first-order valence-corrected chi connectivity index (χ1v) is 31.4. The van der Waals surface area contributed by atoms with Gasteiger partial charge in [0.2, 0.25) is 0 Å². The first-order valence-electron chi connectivity index (χ1n) is 31.4. The van der Waals surface area contributed by atoms with Crippen LogP contribution in [0.15, 0.2) is 109 Å². The fourth-order valence-corrected chi connectivity index (χ4v) is 8.66. The highest BCUT2D eigenvalue weighted by molar-refractivity contribution is 5.71. The van der Waals surface area contributed by atoms with Crippen LogP contribution in [0.3, 0.4) is 0 Å². The van der Waals surface area contributed by atoms with Crippen molar-refractivity contribution >= 4 is 17.9 Å². The van der Waals surface area contributed by atoms with Gasteiger partial charge in [0.05, 0.1) is 0 Å². The van der Waals surface area contributed by atoms with Gasteiger partial charge in [-0.2, -0.15) is 0 Å². The summed E-state index contributed by atoms with van der Waals surface area (Å²) >= 11 is 0. The molecule has 0 aromatic heterocycles. The largest absolute Gasteiger partial charge is 0.462 e. The molecular weight excluding hydrogens is 925 g/mol. The molecule has 0 rings (SSSR count). The molecule has 0 saturated carbocycles. The van der Waals surface area contributed by atoms with Crippen LogP contribution in [0.25, 0.3) is 0 Å². The lowest BCUT2D eigenvalue weighted by Crippen LogP contribution is -2.30. The minimum absolute atomic E-state index is 0.0851. The predicted octanol–water partition coefficient (Wildman–Crippen LogP) is 21.4. The molecule has 0 amide bonds. The normalized spacial score (nSPS) is 12.8. The van der Waals surface area contributed by atoms with Crippen molar-refractivity contribution in [1.29, 1.82) is 0 Å². The molecule has 0 atom stereocenters. The Bertz CT molecular complexity index is 1450. The highest BCUT2D eigenvalue weighted by Crippen LogP contribution is 2.16. The minimum Gasteiger partial charge on any atom is -0.462 e. The molecule has 6 nitrogen and oxygen atoms in total. The summed E-state index contributed by atoms with van der Waals surface area (Å²) in [5, 5.41) is 0. The molecule has 0 aliphatic carbocycles. The molecule has 0 saturated heterocycles. The molecule has 6 heteroatoms. The quantitative estimate of drug-likeness (QED) is 0.0261. The SMILES string of the molecule is CCC=CCC=CCC=CCCCCCCCCCCCC(=O)OCC(COC(=O)CCCCCCCCCCCC=CCC=CCC=CCC)OC(=O)CCCCCCCCCCCC=CCC=CCC=CCC. The summed E-state index contributed by atoms with van der Waals surface area (Å²) in [5.74, 6) is -0.893. The number of carbonyl (C=O) groups is 3. The number of esters is 3. The molecule has 0 aliphatic rings. The summed E-state index contributed by atoms with van der Waals surface area (Å²) in [6.45, 7) is 6.32. The molecule has 428 valence electrons. The third-order valence-electron chi connectivity index (χ3n) is 13.3. The van der Waals surface area contributed by atoms with E-state index in [0.29, 0.717) is 19.3 Å². The average molecular weight is 1040 g/mol. The maximum absolute atomic E-state index is 12.9.